The number of nitrogens with zero attached hydrogens (tertiary/aromatic N) is 3. The zero-order chi connectivity index (χ0) is 25.9. The van der Waals surface area contributed by atoms with E-state index in [1.807, 2.05) is 19.2 Å². The van der Waals surface area contributed by atoms with Gasteiger partial charge in [-0.2, -0.15) is 0 Å². The highest BCUT2D eigenvalue weighted by Crippen LogP contribution is 2.54. The lowest BCUT2D eigenvalue weighted by Gasteiger charge is -2.35. The van der Waals surface area contributed by atoms with Crippen LogP contribution in [0.2, 0.25) is 0 Å². The molecule has 192 valence electrons. The molecule has 0 saturated heterocycles. The number of aryl methyl sites for hydroxylation is 1. The number of thiazole rings is 1. The first-order valence-corrected chi connectivity index (χ1v) is 13.6. The van der Waals surface area contributed by atoms with Crippen molar-refractivity contribution < 1.29 is 14.3 Å². The van der Waals surface area contributed by atoms with Crippen molar-refractivity contribution in [1.82, 2.24) is 9.97 Å². The van der Waals surface area contributed by atoms with E-state index in [0.29, 0.717) is 13.1 Å². The van der Waals surface area contributed by atoms with Gasteiger partial charge in [-0.1, -0.05) is 32.9 Å². The van der Waals surface area contributed by atoms with Crippen molar-refractivity contribution in [2.45, 2.75) is 65.5 Å². The fourth-order valence-corrected chi connectivity index (χ4v) is 6.19. The smallest absolute Gasteiger partial charge is 0.293 e. The van der Waals surface area contributed by atoms with E-state index in [0.717, 1.165) is 41.3 Å². The van der Waals surface area contributed by atoms with Crippen molar-refractivity contribution in [3.8, 4) is 11.3 Å². The topological polar surface area (TPSA) is 64.5 Å². The first-order valence-electron chi connectivity index (χ1n) is 12.7. The monoisotopic (exact) mass is 507 g/mol. The Morgan fingerprint density at radius 3 is 2.69 bits per heavy atom. The Balaban J connectivity index is 1.85. The molecule has 2 aromatic heterocycles. The van der Waals surface area contributed by atoms with Gasteiger partial charge in [-0.15, -0.1) is 11.3 Å². The largest absolute Gasteiger partial charge is 0.467 e. The second-order valence-electron chi connectivity index (χ2n) is 10.2. The number of fused-ring (bicyclic) bond motifs is 1. The van der Waals surface area contributed by atoms with E-state index in [2.05, 4.69) is 62.2 Å². The Morgan fingerprint density at radius 2 is 2.03 bits per heavy atom. The minimum Gasteiger partial charge on any atom is -0.467 e. The Morgan fingerprint density at radius 1 is 1.22 bits per heavy atom. The lowest BCUT2D eigenvalue weighted by Crippen LogP contribution is -2.31. The summed E-state index contributed by atoms with van der Waals surface area (Å²) in [6.07, 6.45) is 3.52. The van der Waals surface area contributed by atoms with E-state index in [-0.39, 0.29) is 23.5 Å². The summed E-state index contributed by atoms with van der Waals surface area (Å²) in [6, 6.07) is 11.1. The van der Waals surface area contributed by atoms with Crippen molar-refractivity contribution in [3.05, 3.63) is 63.7 Å². The van der Waals surface area contributed by atoms with E-state index in [1.54, 1.807) is 18.4 Å². The van der Waals surface area contributed by atoms with Crippen LogP contribution in [0.3, 0.4) is 0 Å². The number of likely N-dealkylation sites (N-methyl/N-ethyl adjacent to an activating group) is 1. The van der Waals surface area contributed by atoms with Gasteiger partial charge in [-0.25, -0.2) is 4.98 Å². The van der Waals surface area contributed by atoms with E-state index in [1.165, 1.54) is 16.8 Å². The highest BCUT2D eigenvalue weighted by Gasteiger charge is 2.43. The summed E-state index contributed by atoms with van der Waals surface area (Å²) in [5.74, 6) is 0.182. The molecule has 0 fully saturated rings. The Hall–Kier alpha value is -2.77. The van der Waals surface area contributed by atoms with Crippen LogP contribution in [0.25, 0.3) is 11.3 Å². The fraction of sp³-hybridized carbons (Fsp3) is 0.483. The first kappa shape index (κ1) is 26.3. The summed E-state index contributed by atoms with van der Waals surface area (Å²) in [7, 11) is 1.73. The van der Waals surface area contributed by atoms with Crippen LogP contribution in [0.4, 0.5) is 5.69 Å². The van der Waals surface area contributed by atoms with Crippen molar-refractivity contribution in [1.29, 1.82) is 0 Å². The van der Waals surface area contributed by atoms with E-state index in [4.69, 9.17) is 19.4 Å². The maximum absolute atomic E-state index is 11.0. The van der Waals surface area contributed by atoms with Crippen molar-refractivity contribution in [2.24, 2.45) is 5.41 Å². The van der Waals surface area contributed by atoms with Gasteiger partial charge < -0.3 is 14.4 Å². The number of methoxy groups -OCH3 is 1. The molecule has 0 N–H and O–H groups in total. The molecule has 4 rings (SSSR count). The van der Waals surface area contributed by atoms with Crippen molar-refractivity contribution >= 4 is 23.5 Å². The number of aromatic nitrogens is 2. The minimum absolute atomic E-state index is 0.0960. The van der Waals surface area contributed by atoms with Gasteiger partial charge in [0.05, 0.1) is 35.1 Å². The van der Waals surface area contributed by atoms with Crippen LogP contribution in [0, 0.1) is 5.41 Å². The predicted molar refractivity (Wildman–Crippen MR) is 146 cm³/mol. The minimum atomic E-state index is -0.202. The fourth-order valence-electron chi connectivity index (χ4n) is 5.43. The number of rotatable bonds is 11. The normalized spacial score (nSPS) is 18.2. The quantitative estimate of drug-likeness (QED) is 0.268. The molecular weight excluding hydrogens is 470 g/mol. The van der Waals surface area contributed by atoms with Crippen LogP contribution in [0.15, 0.2) is 41.9 Å². The second kappa shape index (κ2) is 11.1. The third-order valence-corrected chi connectivity index (χ3v) is 8.18. The molecule has 1 aliphatic rings. The standard InChI is InChI=1S/C29H37N3O3S/c1-7-26-31-24(16-36-26)20-11-12-25-22(14-20)23(15-29(4,5)17-35-18-33)28(32(25)8-2)21-10-9-13-30-27(21)19(3)34-6/h9-14,16,18-19,23,28H,7-8,15,17H2,1-6H3. The molecule has 1 aromatic carbocycles. The molecule has 36 heavy (non-hydrogen) atoms. The summed E-state index contributed by atoms with van der Waals surface area (Å²) in [5.41, 5.74) is 6.68. The molecule has 3 aromatic rings. The second-order valence-corrected chi connectivity index (χ2v) is 11.2. The lowest BCUT2D eigenvalue weighted by molar-refractivity contribution is -0.131. The van der Waals surface area contributed by atoms with E-state index >= 15 is 0 Å². The molecule has 0 radical (unpaired) electrons. The number of benzene rings is 1. The average Bonchev–Trinajstić information content (AvgIpc) is 3.49. The van der Waals surface area contributed by atoms with Crippen molar-refractivity contribution in [2.75, 3.05) is 25.2 Å². The van der Waals surface area contributed by atoms with Crippen LogP contribution < -0.4 is 4.90 Å². The maximum Gasteiger partial charge on any atom is 0.293 e. The zero-order valence-electron chi connectivity index (χ0n) is 22.2. The number of anilines is 1. The molecular formula is C29H37N3O3S. The van der Waals surface area contributed by atoms with Gasteiger partial charge in [-0.05, 0) is 61.4 Å². The zero-order valence-corrected chi connectivity index (χ0v) is 23.0. The molecule has 0 aliphatic carbocycles. The first-order chi connectivity index (χ1) is 17.3. The van der Waals surface area contributed by atoms with Gasteiger partial charge in [0, 0.05) is 42.4 Å². The van der Waals surface area contributed by atoms with Crippen LogP contribution in [0.1, 0.15) is 80.9 Å². The lowest BCUT2D eigenvalue weighted by atomic mass is 9.76. The van der Waals surface area contributed by atoms with E-state index < -0.39 is 0 Å². The highest BCUT2D eigenvalue weighted by molar-refractivity contribution is 7.09. The number of ether oxygens (including phenoxy) is 2. The Bertz CT molecular complexity index is 1190. The molecule has 0 saturated carbocycles. The van der Waals surface area contributed by atoms with Gasteiger partial charge in [0.2, 0.25) is 0 Å². The van der Waals surface area contributed by atoms with Gasteiger partial charge in [0.1, 0.15) is 0 Å². The summed E-state index contributed by atoms with van der Waals surface area (Å²) >= 11 is 1.71. The summed E-state index contributed by atoms with van der Waals surface area (Å²) < 4.78 is 11.0. The van der Waals surface area contributed by atoms with Gasteiger partial charge in [0.15, 0.2) is 0 Å². The average molecular weight is 508 g/mol. The summed E-state index contributed by atoms with van der Waals surface area (Å²) in [6.45, 7) is 12.5. The van der Waals surface area contributed by atoms with Crippen LogP contribution in [-0.2, 0) is 20.7 Å². The van der Waals surface area contributed by atoms with Crippen molar-refractivity contribution in [3.63, 3.8) is 0 Å². The van der Waals surface area contributed by atoms with Crippen LogP contribution in [0.5, 0.6) is 0 Å². The molecule has 7 heteroatoms. The number of carbonyl (C=O) groups excluding carboxylic acids is 1. The molecule has 0 amide bonds. The molecule has 3 heterocycles. The number of hydrogen-bond acceptors (Lipinski definition) is 7. The molecule has 1 aliphatic heterocycles. The Labute approximate surface area is 218 Å². The third kappa shape index (κ3) is 5.18. The van der Waals surface area contributed by atoms with Crippen LogP contribution in [-0.4, -0.2) is 36.7 Å². The maximum atomic E-state index is 11.0. The van der Waals surface area contributed by atoms with E-state index in [9.17, 15) is 4.79 Å². The molecule has 6 nitrogen and oxygen atoms in total. The number of carbonyl (C=O) groups is 1. The molecule has 3 atom stereocenters. The molecule has 0 spiro atoms. The third-order valence-electron chi connectivity index (χ3n) is 7.19. The van der Waals surface area contributed by atoms with Gasteiger partial charge in [-0.3, -0.25) is 9.78 Å². The number of pyridine rings is 1. The van der Waals surface area contributed by atoms with Gasteiger partial charge >= 0.3 is 0 Å². The number of hydrogen-bond donors (Lipinski definition) is 0. The van der Waals surface area contributed by atoms with Gasteiger partial charge in [0.25, 0.3) is 6.47 Å². The molecule has 0 bridgehead atoms. The SMILES string of the molecule is CCc1nc(-c2ccc3c(c2)C(CC(C)(C)COC=O)C(c2cccnc2C(C)OC)N3CC)cs1. The van der Waals surface area contributed by atoms with Crippen LogP contribution >= 0.6 is 11.3 Å². The molecule has 3 unspecified atom stereocenters. The summed E-state index contributed by atoms with van der Waals surface area (Å²) in [5, 5.41) is 3.30. The highest BCUT2D eigenvalue weighted by atomic mass is 32.1. The Kier molecular flexibility index (Phi) is 8.10. The predicted octanol–water partition coefficient (Wildman–Crippen LogP) is 6.73. The summed E-state index contributed by atoms with van der Waals surface area (Å²) in [4.78, 5) is 23.1.